The number of aliphatic carboxylic acids is 2. The molecular formula is C26H38N8O9S. The molecule has 0 bridgehead atoms. The van der Waals surface area contributed by atoms with Gasteiger partial charge in [-0.15, -0.1) is 0 Å². The number of carbonyl (C=O) groups is 7. The Hall–Kier alpha value is -4.87. The summed E-state index contributed by atoms with van der Waals surface area (Å²) in [4.78, 5) is 88.9. The van der Waals surface area contributed by atoms with Crippen molar-refractivity contribution < 1.29 is 43.8 Å². The molecule has 1 heterocycles. The number of nitrogens with one attached hydrogen (secondary N) is 5. The number of thiol groups is 1. The summed E-state index contributed by atoms with van der Waals surface area (Å²) in [5.74, 6) is -6.49. The van der Waals surface area contributed by atoms with Crippen molar-refractivity contribution in [2.24, 2.45) is 16.5 Å². The van der Waals surface area contributed by atoms with Crippen LogP contribution in [0, 0.1) is 0 Å². The van der Waals surface area contributed by atoms with E-state index in [1.165, 1.54) is 0 Å². The van der Waals surface area contributed by atoms with Crippen LogP contribution in [-0.4, -0.2) is 101 Å². The summed E-state index contributed by atoms with van der Waals surface area (Å²) in [7, 11) is 0. The van der Waals surface area contributed by atoms with Crippen LogP contribution in [-0.2, 0) is 40.0 Å². The van der Waals surface area contributed by atoms with E-state index in [0.717, 1.165) is 6.92 Å². The molecule has 4 atom stereocenters. The first-order chi connectivity index (χ1) is 20.7. The number of hydrogen-bond donors (Lipinski definition) is 10. The van der Waals surface area contributed by atoms with Crippen LogP contribution in [0.25, 0.3) is 0 Å². The van der Waals surface area contributed by atoms with Crippen molar-refractivity contribution >= 4 is 60.1 Å². The van der Waals surface area contributed by atoms with Gasteiger partial charge in [0.2, 0.25) is 29.5 Å². The molecule has 1 saturated heterocycles. The van der Waals surface area contributed by atoms with Crippen LogP contribution >= 0.6 is 12.6 Å². The highest BCUT2D eigenvalue weighted by molar-refractivity contribution is 7.80. The Balaban J connectivity index is 0.00000227. The third-order valence-electron chi connectivity index (χ3n) is 5.76. The highest BCUT2D eigenvalue weighted by atomic mass is 32.1. The molecule has 0 aromatic heterocycles. The van der Waals surface area contributed by atoms with Gasteiger partial charge in [0.05, 0.1) is 13.0 Å². The van der Waals surface area contributed by atoms with Gasteiger partial charge in [0.1, 0.15) is 24.2 Å². The maximum Gasteiger partial charge on any atom is 0.305 e. The number of rotatable bonds is 9. The van der Waals surface area contributed by atoms with E-state index in [0.29, 0.717) is 12.0 Å². The molecule has 5 amide bonds. The van der Waals surface area contributed by atoms with Crippen LogP contribution < -0.4 is 38.1 Å². The second kappa shape index (κ2) is 19.3. The smallest absolute Gasteiger partial charge is 0.305 e. The van der Waals surface area contributed by atoms with Gasteiger partial charge in [-0.2, -0.15) is 12.6 Å². The fourth-order valence-corrected chi connectivity index (χ4v) is 4.02. The van der Waals surface area contributed by atoms with Crippen LogP contribution in [0.5, 0.6) is 0 Å². The van der Waals surface area contributed by atoms with Crippen LogP contribution in [0.15, 0.2) is 35.3 Å². The predicted molar refractivity (Wildman–Crippen MR) is 160 cm³/mol. The summed E-state index contributed by atoms with van der Waals surface area (Å²) in [6, 6.07) is 3.56. The van der Waals surface area contributed by atoms with Gasteiger partial charge in [-0.3, -0.25) is 38.6 Å². The standard InChI is InChI=1S/C24H34N8O7S.C2H4O2/c25-24(26)27-8-4-7-14-21(37)32-17(12-40)23(39)30-15(9-13-5-2-1-3-6-13)22(38)31-16(10-19(34)35)20(36)28-11-18(33)29-14;1-2(3)4/h1-3,5-6,14-17,40H,4,7-12H2,(H,28,36)(H,29,33)(H,30,39)(H,31,38)(H,32,37)(H,34,35)(H4,25,26,27);1H3,(H,3,4)/t14-,15+,16-,17-;/m0./s1. The second-order valence-electron chi connectivity index (χ2n) is 9.46. The average molecular weight is 639 g/mol. The van der Waals surface area contributed by atoms with E-state index in [2.05, 4.69) is 44.2 Å². The number of carboxylic acids is 2. The van der Waals surface area contributed by atoms with Crippen LogP contribution in [0.3, 0.4) is 0 Å². The number of amides is 5. The molecule has 1 aliphatic rings. The van der Waals surface area contributed by atoms with Crippen molar-refractivity contribution in [3.63, 3.8) is 0 Å². The van der Waals surface area contributed by atoms with E-state index in [4.69, 9.17) is 21.4 Å². The normalized spacial score (nSPS) is 21.3. The summed E-state index contributed by atoms with van der Waals surface area (Å²) in [5, 5.41) is 28.9. The molecular weight excluding hydrogens is 600 g/mol. The molecule has 1 aromatic carbocycles. The Bertz CT molecular complexity index is 1210. The van der Waals surface area contributed by atoms with Gasteiger partial charge in [-0.05, 0) is 18.4 Å². The molecule has 1 aromatic rings. The van der Waals surface area contributed by atoms with E-state index < -0.39 is 78.6 Å². The largest absolute Gasteiger partial charge is 0.481 e. The molecule has 0 spiro atoms. The molecule has 17 nitrogen and oxygen atoms in total. The van der Waals surface area contributed by atoms with Gasteiger partial charge in [0, 0.05) is 25.6 Å². The third-order valence-corrected chi connectivity index (χ3v) is 6.13. The predicted octanol–water partition coefficient (Wildman–Crippen LogP) is -3.15. The maximum atomic E-state index is 13.2. The first-order valence-corrected chi connectivity index (χ1v) is 14.0. The first kappa shape index (κ1) is 37.2. The number of carbonyl (C=O) groups excluding carboxylic acids is 5. The number of aliphatic imine (C=N–C) groups is 1. The Morgan fingerprint density at radius 3 is 1.98 bits per heavy atom. The van der Waals surface area contributed by atoms with E-state index in [1.54, 1.807) is 30.3 Å². The molecule has 11 N–H and O–H groups in total. The minimum atomic E-state index is -1.55. The number of hydrogen-bond acceptors (Lipinski definition) is 9. The fraction of sp³-hybridized carbons (Fsp3) is 0.462. The summed E-state index contributed by atoms with van der Waals surface area (Å²) in [5.41, 5.74) is 11.3. The topological polar surface area (TPSA) is 284 Å². The van der Waals surface area contributed by atoms with Gasteiger partial charge in [0.25, 0.3) is 5.97 Å². The van der Waals surface area contributed by atoms with Gasteiger partial charge >= 0.3 is 5.97 Å². The molecule has 1 fully saturated rings. The van der Waals surface area contributed by atoms with Crippen LogP contribution in [0.1, 0.15) is 31.7 Å². The van der Waals surface area contributed by atoms with Crippen molar-refractivity contribution in [1.29, 1.82) is 0 Å². The molecule has 18 heteroatoms. The van der Waals surface area contributed by atoms with E-state index in [-0.39, 0.29) is 31.1 Å². The molecule has 0 saturated carbocycles. The lowest BCUT2D eigenvalue weighted by molar-refractivity contribution is -0.141. The quantitative estimate of drug-likeness (QED) is 0.0558. The average Bonchev–Trinajstić information content (AvgIpc) is 2.94. The van der Waals surface area contributed by atoms with Crippen molar-refractivity contribution in [3.05, 3.63) is 35.9 Å². The number of benzene rings is 1. The molecule has 0 unspecified atom stereocenters. The van der Waals surface area contributed by atoms with Crippen LogP contribution in [0.2, 0.25) is 0 Å². The monoisotopic (exact) mass is 638 g/mol. The SMILES string of the molecule is CC(=O)O.NC(N)=NCCC[C@@H]1NC(=O)CNC(=O)[C@H](CC(=O)O)NC(=O)[C@@H](Cc2ccccc2)NC(=O)[C@H](CS)NC1=O. The van der Waals surface area contributed by atoms with E-state index in [1.807, 2.05) is 0 Å². The summed E-state index contributed by atoms with van der Waals surface area (Å²) in [6.45, 7) is 0.643. The van der Waals surface area contributed by atoms with Crippen LogP contribution in [0.4, 0.5) is 0 Å². The highest BCUT2D eigenvalue weighted by Gasteiger charge is 2.32. The first-order valence-electron chi connectivity index (χ1n) is 13.3. The summed E-state index contributed by atoms with van der Waals surface area (Å²) >= 11 is 4.15. The van der Waals surface area contributed by atoms with Crippen molar-refractivity contribution in [1.82, 2.24) is 26.6 Å². The van der Waals surface area contributed by atoms with Gasteiger partial charge in [-0.1, -0.05) is 30.3 Å². The number of guanidine groups is 1. The van der Waals surface area contributed by atoms with Crippen molar-refractivity contribution in [2.45, 2.75) is 56.8 Å². The zero-order valence-electron chi connectivity index (χ0n) is 23.9. The second-order valence-corrected chi connectivity index (χ2v) is 9.82. The summed E-state index contributed by atoms with van der Waals surface area (Å²) < 4.78 is 0. The Morgan fingerprint density at radius 2 is 1.41 bits per heavy atom. The molecule has 2 rings (SSSR count). The van der Waals surface area contributed by atoms with E-state index >= 15 is 0 Å². The molecule has 242 valence electrons. The lowest BCUT2D eigenvalue weighted by atomic mass is 10.0. The van der Waals surface area contributed by atoms with Gasteiger partial charge < -0.3 is 48.3 Å². The van der Waals surface area contributed by atoms with Crippen molar-refractivity contribution in [2.75, 3.05) is 18.8 Å². The number of carboxylic acid groups (broad SMARTS) is 2. The summed E-state index contributed by atoms with van der Waals surface area (Å²) in [6.07, 6.45) is -0.404. The molecule has 0 radical (unpaired) electrons. The minimum Gasteiger partial charge on any atom is -0.481 e. The Morgan fingerprint density at radius 1 is 0.864 bits per heavy atom. The van der Waals surface area contributed by atoms with Gasteiger partial charge in [-0.25, -0.2) is 0 Å². The Labute approximate surface area is 258 Å². The molecule has 1 aliphatic heterocycles. The minimum absolute atomic E-state index is 0.000516. The maximum absolute atomic E-state index is 13.2. The lowest BCUT2D eigenvalue weighted by Gasteiger charge is -2.25. The zero-order chi connectivity index (χ0) is 33.2. The third kappa shape index (κ3) is 14.9. The molecule has 44 heavy (non-hydrogen) atoms. The number of nitrogens with two attached hydrogens (primary N) is 2. The van der Waals surface area contributed by atoms with Gasteiger partial charge in [0.15, 0.2) is 5.96 Å². The molecule has 0 aliphatic carbocycles. The highest BCUT2D eigenvalue weighted by Crippen LogP contribution is 2.07. The lowest BCUT2D eigenvalue weighted by Crippen LogP contribution is -2.58. The zero-order valence-corrected chi connectivity index (χ0v) is 24.8. The number of nitrogens with zero attached hydrogens (tertiary/aromatic N) is 1. The Kier molecular flexibility index (Phi) is 16.3. The van der Waals surface area contributed by atoms with E-state index in [9.17, 15) is 33.9 Å². The van der Waals surface area contributed by atoms with Crippen molar-refractivity contribution in [3.8, 4) is 0 Å². The fourth-order valence-electron chi connectivity index (χ4n) is 3.76.